The summed E-state index contributed by atoms with van der Waals surface area (Å²) in [4.78, 5) is 12.5. The number of amides is 1. The van der Waals surface area contributed by atoms with Crippen molar-refractivity contribution >= 4 is 30.1 Å². The van der Waals surface area contributed by atoms with Gasteiger partial charge in [-0.05, 0) is 43.5 Å². The maximum absolute atomic E-state index is 12.7. The number of rotatable bonds is 5. The van der Waals surface area contributed by atoms with E-state index in [2.05, 4.69) is 5.32 Å². The molecule has 1 aliphatic carbocycles. The topological polar surface area (TPSA) is 55.1 Å². The summed E-state index contributed by atoms with van der Waals surface area (Å²) < 4.78 is 38.0. The number of halogens is 4. The lowest BCUT2D eigenvalue weighted by molar-refractivity contribution is -0.137. The van der Waals surface area contributed by atoms with Crippen molar-refractivity contribution in [3.8, 4) is 0 Å². The second-order valence-corrected chi connectivity index (χ2v) is 6.82. The molecule has 0 saturated heterocycles. The van der Waals surface area contributed by atoms with Gasteiger partial charge in [-0.25, -0.2) is 0 Å². The molecule has 2 rings (SSSR count). The van der Waals surface area contributed by atoms with E-state index in [4.69, 9.17) is 5.73 Å². The number of benzene rings is 1. The largest absolute Gasteiger partial charge is 0.416 e. The van der Waals surface area contributed by atoms with Crippen molar-refractivity contribution in [1.82, 2.24) is 5.32 Å². The molecule has 1 saturated carbocycles. The van der Waals surface area contributed by atoms with Gasteiger partial charge in [-0.1, -0.05) is 18.9 Å². The Balaban J connectivity index is 0.00000288. The molecule has 1 aromatic rings. The first-order valence-corrected chi connectivity index (χ1v) is 8.68. The van der Waals surface area contributed by atoms with E-state index in [1.54, 1.807) is 6.07 Å². The molecule has 24 heavy (non-hydrogen) atoms. The first-order chi connectivity index (χ1) is 10.9. The number of nitrogens with one attached hydrogen (secondary N) is 1. The normalized spacial score (nSPS) is 21.0. The van der Waals surface area contributed by atoms with E-state index in [1.807, 2.05) is 0 Å². The molecular weight excluding hydrogens is 361 g/mol. The molecule has 1 amide bonds. The van der Waals surface area contributed by atoms with Crippen molar-refractivity contribution in [1.29, 1.82) is 0 Å². The van der Waals surface area contributed by atoms with Gasteiger partial charge in [0.1, 0.15) is 0 Å². The van der Waals surface area contributed by atoms with Crippen molar-refractivity contribution in [2.24, 2.45) is 11.7 Å². The number of hydrogen-bond acceptors (Lipinski definition) is 3. The zero-order valence-corrected chi connectivity index (χ0v) is 14.8. The lowest BCUT2D eigenvalue weighted by Crippen LogP contribution is -2.45. The maximum Gasteiger partial charge on any atom is 0.416 e. The maximum atomic E-state index is 12.7. The van der Waals surface area contributed by atoms with Crippen molar-refractivity contribution in [2.45, 2.75) is 42.8 Å². The third-order valence-electron chi connectivity index (χ3n) is 4.09. The minimum absolute atomic E-state index is 0. The number of carbonyl (C=O) groups is 1. The molecule has 0 spiro atoms. The van der Waals surface area contributed by atoms with Gasteiger partial charge in [0, 0.05) is 10.9 Å². The molecule has 1 aromatic carbocycles. The summed E-state index contributed by atoms with van der Waals surface area (Å²) in [7, 11) is 0. The fourth-order valence-electron chi connectivity index (χ4n) is 2.84. The van der Waals surface area contributed by atoms with Crippen LogP contribution in [0.3, 0.4) is 0 Å². The SMILES string of the molecule is Cl.NCC1CCCCC1NC(=O)CSc1cccc(C(F)(F)F)c1. The Kier molecular flexibility index (Phi) is 8.39. The monoisotopic (exact) mass is 382 g/mol. The van der Waals surface area contributed by atoms with E-state index in [1.165, 1.54) is 6.07 Å². The standard InChI is InChI=1S/C16H21F3N2OS.ClH/c17-16(18,19)12-5-3-6-13(8-12)23-10-15(22)21-14-7-2-1-4-11(14)9-20;/h3,5-6,8,11,14H,1-2,4,7,9-10,20H2,(H,21,22);1H. The van der Waals surface area contributed by atoms with Gasteiger partial charge in [-0.3, -0.25) is 4.79 Å². The first kappa shape index (κ1) is 21.1. The van der Waals surface area contributed by atoms with E-state index in [-0.39, 0.29) is 30.1 Å². The predicted octanol–water partition coefficient (Wildman–Crippen LogP) is 3.85. The van der Waals surface area contributed by atoms with Crippen LogP contribution in [0.25, 0.3) is 0 Å². The van der Waals surface area contributed by atoms with Crippen LogP contribution in [0.15, 0.2) is 29.2 Å². The van der Waals surface area contributed by atoms with Crippen molar-refractivity contribution in [2.75, 3.05) is 12.3 Å². The van der Waals surface area contributed by atoms with Crippen LogP contribution in [0.2, 0.25) is 0 Å². The van der Waals surface area contributed by atoms with E-state index in [0.717, 1.165) is 49.6 Å². The highest BCUT2D eigenvalue weighted by molar-refractivity contribution is 8.00. The number of hydrogen-bond donors (Lipinski definition) is 2. The summed E-state index contributed by atoms with van der Waals surface area (Å²) in [6.07, 6.45) is -0.227. The Bertz CT molecular complexity index is 542. The third-order valence-corrected chi connectivity index (χ3v) is 5.08. The highest BCUT2D eigenvalue weighted by atomic mass is 35.5. The van der Waals surface area contributed by atoms with Crippen LogP contribution < -0.4 is 11.1 Å². The minimum Gasteiger partial charge on any atom is -0.352 e. The fourth-order valence-corrected chi connectivity index (χ4v) is 3.61. The van der Waals surface area contributed by atoms with Gasteiger partial charge in [0.25, 0.3) is 0 Å². The quantitative estimate of drug-likeness (QED) is 0.760. The van der Waals surface area contributed by atoms with Crippen LogP contribution in [0, 0.1) is 5.92 Å². The molecule has 2 atom stereocenters. The molecule has 0 aliphatic heterocycles. The summed E-state index contributed by atoms with van der Waals surface area (Å²) >= 11 is 1.11. The summed E-state index contributed by atoms with van der Waals surface area (Å²) in [6, 6.07) is 5.12. The molecule has 136 valence electrons. The molecule has 0 bridgehead atoms. The molecular formula is C16H22ClF3N2OS. The van der Waals surface area contributed by atoms with Crippen molar-refractivity contribution in [3.05, 3.63) is 29.8 Å². The molecule has 2 unspecified atom stereocenters. The van der Waals surface area contributed by atoms with Crippen LogP contribution in [0.1, 0.15) is 31.2 Å². The van der Waals surface area contributed by atoms with Gasteiger partial charge in [0.2, 0.25) is 5.91 Å². The molecule has 0 aromatic heterocycles. The van der Waals surface area contributed by atoms with Crippen molar-refractivity contribution in [3.63, 3.8) is 0 Å². The third kappa shape index (κ3) is 6.18. The highest BCUT2D eigenvalue weighted by Crippen LogP contribution is 2.32. The molecule has 1 aliphatic rings. The molecule has 8 heteroatoms. The summed E-state index contributed by atoms with van der Waals surface area (Å²) in [5.41, 5.74) is 5.03. The van der Waals surface area contributed by atoms with Gasteiger partial charge < -0.3 is 11.1 Å². The van der Waals surface area contributed by atoms with Crippen LogP contribution in [-0.4, -0.2) is 24.2 Å². The Labute approximate surface area is 150 Å². The average molecular weight is 383 g/mol. The van der Waals surface area contributed by atoms with Crippen LogP contribution in [0.4, 0.5) is 13.2 Å². The highest BCUT2D eigenvalue weighted by Gasteiger charge is 2.30. The zero-order valence-electron chi connectivity index (χ0n) is 13.1. The second-order valence-electron chi connectivity index (χ2n) is 5.77. The van der Waals surface area contributed by atoms with E-state index < -0.39 is 11.7 Å². The van der Waals surface area contributed by atoms with Gasteiger partial charge in [0.15, 0.2) is 0 Å². The smallest absolute Gasteiger partial charge is 0.352 e. The predicted molar refractivity (Wildman–Crippen MR) is 92.4 cm³/mol. The molecule has 3 nitrogen and oxygen atoms in total. The Hall–Kier alpha value is -0.920. The summed E-state index contributed by atoms with van der Waals surface area (Å²) in [5, 5.41) is 2.97. The zero-order chi connectivity index (χ0) is 16.9. The number of carbonyl (C=O) groups excluding carboxylic acids is 1. The van der Waals surface area contributed by atoms with Gasteiger partial charge in [-0.15, -0.1) is 24.2 Å². The van der Waals surface area contributed by atoms with Crippen molar-refractivity contribution < 1.29 is 18.0 Å². The van der Waals surface area contributed by atoms with E-state index in [9.17, 15) is 18.0 Å². The minimum atomic E-state index is -4.37. The van der Waals surface area contributed by atoms with Gasteiger partial charge in [-0.2, -0.15) is 13.2 Å². The van der Waals surface area contributed by atoms with Gasteiger partial charge in [0.05, 0.1) is 11.3 Å². The average Bonchev–Trinajstić information content (AvgIpc) is 2.53. The number of thioether (sulfide) groups is 1. The molecule has 3 N–H and O–H groups in total. The van der Waals surface area contributed by atoms with Crippen LogP contribution in [0.5, 0.6) is 0 Å². The lowest BCUT2D eigenvalue weighted by Gasteiger charge is -2.31. The Morgan fingerprint density at radius 2 is 2.00 bits per heavy atom. The molecule has 1 fully saturated rings. The number of alkyl halides is 3. The summed E-state index contributed by atoms with van der Waals surface area (Å²) in [5.74, 6) is 0.249. The molecule has 0 heterocycles. The lowest BCUT2D eigenvalue weighted by atomic mass is 9.84. The van der Waals surface area contributed by atoms with Gasteiger partial charge >= 0.3 is 6.18 Å². The fraction of sp³-hybridized carbons (Fsp3) is 0.562. The summed E-state index contributed by atoms with van der Waals surface area (Å²) in [6.45, 7) is 0.547. The second kappa shape index (κ2) is 9.53. The van der Waals surface area contributed by atoms with E-state index >= 15 is 0 Å². The first-order valence-electron chi connectivity index (χ1n) is 7.69. The van der Waals surface area contributed by atoms with Crippen LogP contribution in [-0.2, 0) is 11.0 Å². The Morgan fingerprint density at radius 3 is 2.67 bits per heavy atom. The van der Waals surface area contributed by atoms with Crippen LogP contribution >= 0.6 is 24.2 Å². The Morgan fingerprint density at radius 1 is 1.29 bits per heavy atom. The molecule has 0 radical (unpaired) electrons. The van der Waals surface area contributed by atoms with E-state index in [0.29, 0.717) is 17.4 Å². The number of nitrogens with two attached hydrogens (primary N) is 1.